The molecule has 0 radical (unpaired) electrons. The third-order valence-electron chi connectivity index (χ3n) is 5.33. The first kappa shape index (κ1) is 17.2. The van der Waals surface area contributed by atoms with Gasteiger partial charge in [-0.3, -0.25) is 0 Å². The Kier molecular flexibility index (Phi) is 5.09. The van der Waals surface area contributed by atoms with E-state index in [2.05, 4.69) is 27.7 Å². The summed E-state index contributed by atoms with van der Waals surface area (Å²) >= 11 is 0. The predicted octanol–water partition coefficient (Wildman–Crippen LogP) is 5.62. The Hall–Kier alpha value is -1.18. The summed E-state index contributed by atoms with van der Waals surface area (Å²) in [6.45, 7) is 12.9. The lowest BCUT2D eigenvalue weighted by molar-refractivity contribution is 0.0519. The molecule has 2 nitrogen and oxygen atoms in total. The van der Waals surface area contributed by atoms with Gasteiger partial charge in [0.05, 0.1) is 0 Å². The van der Waals surface area contributed by atoms with Gasteiger partial charge in [0, 0.05) is 5.56 Å². The fourth-order valence-corrected chi connectivity index (χ4v) is 3.52. The van der Waals surface area contributed by atoms with Gasteiger partial charge in [0.1, 0.15) is 17.1 Å². The Balaban J connectivity index is 2.14. The monoisotopic (exact) mass is 304 g/mol. The average molecular weight is 304 g/mol. The zero-order chi connectivity index (χ0) is 16.5. The second-order valence-corrected chi connectivity index (χ2v) is 7.72. The maximum absolute atomic E-state index is 10.2. The van der Waals surface area contributed by atoms with E-state index < -0.39 is 0 Å². The van der Waals surface area contributed by atoms with Gasteiger partial charge in [-0.05, 0) is 76.0 Å². The van der Waals surface area contributed by atoms with Crippen LogP contribution in [0.15, 0.2) is 0 Å². The van der Waals surface area contributed by atoms with Crippen molar-refractivity contribution in [2.75, 3.05) is 0 Å². The summed E-state index contributed by atoms with van der Waals surface area (Å²) < 4.78 is 6.46. The van der Waals surface area contributed by atoms with Crippen molar-refractivity contribution in [3.63, 3.8) is 0 Å². The topological polar surface area (TPSA) is 29.5 Å². The molecule has 1 atom stereocenters. The molecule has 0 amide bonds. The van der Waals surface area contributed by atoms with E-state index in [1.807, 2.05) is 13.8 Å². The number of fused-ring (bicyclic) bond motifs is 1. The largest absolute Gasteiger partial charge is 0.507 e. The van der Waals surface area contributed by atoms with Crippen LogP contribution in [0.1, 0.15) is 75.1 Å². The van der Waals surface area contributed by atoms with E-state index in [-0.39, 0.29) is 5.60 Å². The molecule has 2 heteroatoms. The molecule has 0 saturated carbocycles. The van der Waals surface area contributed by atoms with Gasteiger partial charge in [-0.25, -0.2) is 0 Å². The van der Waals surface area contributed by atoms with Crippen LogP contribution in [0.2, 0.25) is 0 Å². The highest BCUT2D eigenvalue weighted by Crippen LogP contribution is 2.44. The van der Waals surface area contributed by atoms with Crippen LogP contribution >= 0.6 is 0 Å². The molecule has 0 saturated heterocycles. The second kappa shape index (κ2) is 6.52. The number of phenols is 1. The SMILES string of the molecule is Cc1c(C)c2c(c(C)c1O)CCC(C)(CCCCC(C)C)O2. The lowest BCUT2D eigenvalue weighted by Crippen LogP contribution is -2.37. The van der Waals surface area contributed by atoms with Crippen molar-refractivity contribution in [2.24, 2.45) is 5.92 Å². The number of ether oxygens (including phenoxy) is 1. The minimum Gasteiger partial charge on any atom is -0.507 e. The van der Waals surface area contributed by atoms with Gasteiger partial charge in [-0.2, -0.15) is 0 Å². The van der Waals surface area contributed by atoms with Gasteiger partial charge in [0.25, 0.3) is 0 Å². The van der Waals surface area contributed by atoms with E-state index in [9.17, 15) is 5.11 Å². The Morgan fingerprint density at radius 2 is 1.77 bits per heavy atom. The lowest BCUT2D eigenvalue weighted by Gasteiger charge is -2.38. The Morgan fingerprint density at radius 1 is 1.09 bits per heavy atom. The van der Waals surface area contributed by atoms with Crippen molar-refractivity contribution in [3.05, 3.63) is 22.3 Å². The Bertz CT molecular complexity index is 545. The summed E-state index contributed by atoms with van der Waals surface area (Å²) in [6, 6.07) is 0. The number of unbranched alkanes of at least 4 members (excludes halogenated alkanes) is 1. The van der Waals surface area contributed by atoms with E-state index in [4.69, 9.17) is 4.74 Å². The van der Waals surface area contributed by atoms with Gasteiger partial charge in [0.2, 0.25) is 0 Å². The second-order valence-electron chi connectivity index (χ2n) is 7.72. The smallest absolute Gasteiger partial charge is 0.127 e. The molecule has 2 rings (SSSR count). The number of rotatable bonds is 5. The molecule has 0 aromatic heterocycles. The highest BCUT2D eigenvalue weighted by molar-refractivity contribution is 5.58. The maximum atomic E-state index is 10.2. The molecule has 0 spiro atoms. The van der Waals surface area contributed by atoms with Crippen LogP contribution in [0.5, 0.6) is 11.5 Å². The third-order valence-corrected chi connectivity index (χ3v) is 5.33. The van der Waals surface area contributed by atoms with E-state index >= 15 is 0 Å². The van der Waals surface area contributed by atoms with Crippen molar-refractivity contribution < 1.29 is 9.84 Å². The maximum Gasteiger partial charge on any atom is 0.127 e. The minimum absolute atomic E-state index is 0.0510. The van der Waals surface area contributed by atoms with Crippen LogP contribution in [-0.4, -0.2) is 10.7 Å². The van der Waals surface area contributed by atoms with Crippen molar-refractivity contribution in [2.45, 2.75) is 85.7 Å². The zero-order valence-electron chi connectivity index (χ0n) is 15.2. The molecule has 0 bridgehead atoms. The molecule has 1 aliphatic heterocycles. The fraction of sp³-hybridized carbons (Fsp3) is 0.700. The van der Waals surface area contributed by atoms with Gasteiger partial charge in [-0.1, -0.05) is 26.7 Å². The first-order valence-corrected chi connectivity index (χ1v) is 8.76. The summed E-state index contributed by atoms with van der Waals surface area (Å²) in [5.74, 6) is 2.27. The first-order chi connectivity index (χ1) is 10.2. The average Bonchev–Trinajstić information content (AvgIpc) is 2.47. The molecule has 124 valence electrons. The lowest BCUT2D eigenvalue weighted by atomic mass is 9.84. The fourth-order valence-electron chi connectivity index (χ4n) is 3.52. The highest BCUT2D eigenvalue weighted by atomic mass is 16.5. The molecular formula is C20H32O2. The quantitative estimate of drug-likeness (QED) is 0.716. The van der Waals surface area contributed by atoms with E-state index in [1.54, 1.807) is 0 Å². The molecule has 22 heavy (non-hydrogen) atoms. The predicted molar refractivity (Wildman–Crippen MR) is 93.0 cm³/mol. The van der Waals surface area contributed by atoms with Crippen molar-refractivity contribution in [1.82, 2.24) is 0 Å². The summed E-state index contributed by atoms with van der Waals surface area (Å²) in [7, 11) is 0. The van der Waals surface area contributed by atoms with Gasteiger partial charge < -0.3 is 9.84 Å². The summed E-state index contributed by atoms with van der Waals surface area (Å²) in [5, 5.41) is 10.2. The third kappa shape index (κ3) is 3.42. The Morgan fingerprint density at radius 3 is 2.41 bits per heavy atom. The van der Waals surface area contributed by atoms with Crippen LogP contribution in [0.25, 0.3) is 0 Å². The van der Waals surface area contributed by atoms with Crippen LogP contribution in [-0.2, 0) is 6.42 Å². The first-order valence-electron chi connectivity index (χ1n) is 8.76. The van der Waals surface area contributed by atoms with Crippen LogP contribution < -0.4 is 4.74 Å². The highest BCUT2D eigenvalue weighted by Gasteiger charge is 2.34. The van der Waals surface area contributed by atoms with Gasteiger partial charge in [-0.15, -0.1) is 0 Å². The molecular weight excluding hydrogens is 272 g/mol. The van der Waals surface area contributed by atoms with Crippen LogP contribution in [0.4, 0.5) is 0 Å². The zero-order valence-corrected chi connectivity index (χ0v) is 15.2. The van der Waals surface area contributed by atoms with Gasteiger partial charge >= 0.3 is 0 Å². The number of benzene rings is 1. The molecule has 1 aromatic carbocycles. The standard InChI is InChI=1S/C20H32O2/c1-13(2)9-7-8-11-20(6)12-10-17-16(5)18(21)14(3)15(4)19(17)22-20/h13,21H,7-12H2,1-6H3. The normalized spacial score (nSPS) is 20.9. The summed E-state index contributed by atoms with van der Waals surface area (Å²) in [4.78, 5) is 0. The van der Waals surface area contributed by atoms with E-state index in [0.717, 1.165) is 47.6 Å². The van der Waals surface area contributed by atoms with Crippen LogP contribution in [0, 0.1) is 26.7 Å². The molecule has 1 unspecified atom stereocenters. The molecule has 1 aromatic rings. The molecule has 1 heterocycles. The van der Waals surface area contributed by atoms with Crippen molar-refractivity contribution in [1.29, 1.82) is 0 Å². The van der Waals surface area contributed by atoms with Crippen molar-refractivity contribution >= 4 is 0 Å². The summed E-state index contributed by atoms with van der Waals surface area (Å²) in [5.41, 5.74) is 4.22. The number of aromatic hydroxyl groups is 1. The molecule has 1 aliphatic rings. The Labute approximate surface area is 135 Å². The van der Waals surface area contributed by atoms with Gasteiger partial charge in [0.15, 0.2) is 0 Å². The number of hydrogen-bond donors (Lipinski definition) is 1. The molecule has 0 fully saturated rings. The van der Waals surface area contributed by atoms with E-state index in [1.165, 1.54) is 24.8 Å². The summed E-state index contributed by atoms with van der Waals surface area (Å²) in [6.07, 6.45) is 7.01. The number of hydrogen-bond acceptors (Lipinski definition) is 2. The van der Waals surface area contributed by atoms with Crippen molar-refractivity contribution in [3.8, 4) is 11.5 Å². The molecule has 1 N–H and O–H groups in total. The molecule has 0 aliphatic carbocycles. The van der Waals surface area contributed by atoms with Crippen LogP contribution in [0.3, 0.4) is 0 Å². The number of phenolic OH excluding ortho intramolecular Hbond substituents is 1. The van der Waals surface area contributed by atoms with E-state index in [0.29, 0.717) is 5.75 Å². The minimum atomic E-state index is -0.0510.